The second kappa shape index (κ2) is 5.99. The molecule has 0 atom stereocenters. The molecule has 6 heteroatoms. The summed E-state index contributed by atoms with van der Waals surface area (Å²) in [7, 11) is -3.48. The van der Waals surface area contributed by atoms with E-state index in [0.717, 1.165) is 11.4 Å². The van der Waals surface area contributed by atoms with E-state index in [2.05, 4.69) is 9.29 Å². The van der Waals surface area contributed by atoms with Gasteiger partial charge < -0.3 is 4.57 Å². The topological polar surface area (TPSA) is 51.1 Å². The van der Waals surface area contributed by atoms with Gasteiger partial charge in [0.15, 0.2) is 0 Å². The predicted octanol–water partition coefficient (Wildman–Crippen LogP) is 2.74. The van der Waals surface area contributed by atoms with E-state index in [1.165, 1.54) is 12.1 Å². The van der Waals surface area contributed by atoms with Crippen molar-refractivity contribution in [3.63, 3.8) is 0 Å². The van der Waals surface area contributed by atoms with Gasteiger partial charge >= 0.3 is 0 Å². The highest BCUT2D eigenvalue weighted by Crippen LogP contribution is 2.14. The van der Waals surface area contributed by atoms with E-state index in [0.29, 0.717) is 18.1 Å². The Balaban J connectivity index is 2.01. The number of aromatic nitrogens is 1. The summed E-state index contributed by atoms with van der Waals surface area (Å²) < 4.78 is 28.8. The maximum atomic E-state index is 12.1. The van der Waals surface area contributed by atoms with Gasteiger partial charge in [0, 0.05) is 29.5 Å². The Hall–Kier alpha value is -1.30. The van der Waals surface area contributed by atoms with Crippen LogP contribution in [0.4, 0.5) is 0 Å². The monoisotopic (exact) mass is 312 g/mol. The van der Waals surface area contributed by atoms with Crippen LogP contribution in [0.5, 0.6) is 0 Å². The number of aryl methyl sites for hydroxylation is 2. The quantitative estimate of drug-likeness (QED) is 0.923. The maximum absolute atomic E-state index is 12.1. The standard InChI is InChI=1S/C14H17ClN2O2S/c1-11-3-4-12(2)17(11)10-9-16-20(18,19)14-7-5-13(15)6-8-14/h3-8,16H,9-10H2,1-2H3. The van der Waals surface area contributed by atoms with Crippen LogP contribution in [-0.2, 0) is 16.6 Å². The Labute approximate surface area is 124 Å². The number of benzene rings is 1. The van der Waals surface area contributed by atoms with Crippen molar-refractivity contribution in [1.82, 2.24) is 9.29 Å². The lowest BCUT2D eigenvalue weighted by Crippen LogP contribution is -2.27. The summed E-state index contributed by atoms with van der Waals surface area (Å²) in [6, 6.07) is 10.2. The van der Waals surface area contributed by atoms with Gasteiger partial charge in [-0.05, 0) is 50.2 Å². The number of rotatable bonds is 5. The number of nitrogens with one attached hydrogen (secondary N) is 1. The Morgan fingerprint density at radius 2 is 1.60 bits per heavy atom. The highest BCUT2D eigenvalue weighted by molar-refractivity contribution is 7.89. The van der Waals surface area contributed by atoms with Crippen molar-refractivity contribution in [2.45, 2.75) is 25.3 Å². The first-order chi connectivity index (χ1) is 9.40. The molecule has 2 aromatic rings. The highest BCUT2D eigenvalue weighted by atomic mass is 35.5. The third-order valence-corrected chi connectivity index (χ3v) is 4.90. The fourth-order valence-corrected chi connectivity index (χ4v) is 3.19. The van der Waals surface area contributed by atoms with Crippen molar-refractivity contribution >= 4 is 21.6 Å². The van der Waals surface area contributed by atoms with Crippen LogP contribution in [0.1, 0.15) is 11.4 Å². The molecule has 0 saturated heterocycles. The minimum absolute atomic E-state index is 0.225. The fourth-order valence-electron chi connectivity index (χ4n) is 2.04. The van der Waals surface area contributed by atoms with E-state index >= 15 is 0 Å². The summed E-state index contributed by atoms with van der Waals surface area (Å²) in [5.41, 5.74) is 2.24. The molecular weight excluding hydrogens is 296 g/mol. The van der Waals surface area contributed by atoms with Crippen molar-refractivity contribution < 1.29 is 8.42 Å². The molecule has 1 aromatic carbocycles. The van der Waals surface area contributed by atoms with Gasteiger partial charge in [0.1, 0.15) is 0 Å². The van der Waals surface area contributed by atoms with E-state index in [9.17, 15) is 8.42 Å². The van der Waals surface area contributed by atoms with Crippen molar-refractivity contribution in [3.8, 4) is 0 Å². The molecule has 0 aliphatic carbocycles. The van der Waals surface area contributed by atoms with Gasteiger partial charge in [-0.15, -0.1) is 0 Å². The predicted molar refractivity (Wildman–Crippen MR) is 80.5 cm³/mol. The van der Waals surface area contributed by atoms with Crippen molar-refractivity contribution in [3.05, 3.63) is 52.8 Å². The molecule has 0 amide bonds. The molecule has 0 saturated carbocycles. The van der Waals surface area contributed by atoms with Gasteiger partial charge in [-0.25, -0.2) is 13.1 Å². The van der Waals surface area contributed by atoms with Crippen molar-refractivity contribution in [2.75, 3.05) is 6.54 Å². The molecule has 0 aliphatic rings. The minimum Gasteiger partial charge on any atom is -0.348 e. The summed E-state index contributed by atoms with van der Waals surface area (Å²) in [5.74, 6) is 0. The Morgan fingerprint density at radius 1 is 1.05 bits per heavy atom. The SMILES string of the molecule is Cc1ccc(C)n1CCNS(=O)(=O)c1ccc(Cl)cc1. The minimum atomic E-state index is -3.48. The lowest BCUT2D eigenvalue weighted by Gasteiger charge is -2.11. The van der Waals surface area contributed by atoms with Crippen LogP contribution in [0, 0.1) is 13.8 Å². The van der Waals surface area contributed by atoms with Crippen LogP contribution in [0.3, 0.4) is 0 Å². The molecule has 0 spiro atoms. The molecule has 4 nitrogen and oxygen atoms in total. The second-order valence-electron chi connectivity index (χ2n) is 4.62. The summed E-state index contributed by atoms with van der Waals surface area (Å²) in [6.07, 6.45) is 0. The maximum Gasteiger partial charge on any atom is 0.240 e. The van der Waals surface area contributed by atoms with E-state index in [-0.39, 0.29) is 4.90 Å². The molecular formula is C14H17ClN2O2S. The number of hydrogen-bond acceptors (Lipinski definition) is 2. The average molecular weight is 313 g/mol. The molecule has 0 aliphatic heterocycles. The first-order valence-electron chi connectivity index (χ1n) is 6.28. The van der Waals surface area contributed by atoms with E-state index in [4.69, 9.17) is 11.6 Å². The van der Waals surface area contributed by atoms with Gasteiger partial charge in [0.25, 0.3) is 0 Å². The average Bonchev–Trinajstić information content (AvgIpc) is 2.71. The third-order valence-electron chi connectivity index (χ3n) is 3.17. The summed E-state index contributed by atoms with van der Waals surface area (Å²) in [5, 5.41) is 0.516. The number of halogens is 1. The molecule has 0 unspecified atom stereocenters. The molecule has 0 fully saturated rings. The molecule has 2 rings (SSSR count). The Bertz CT molecular complexity index is 671. The summed E-state index contributed by atoms with van der Waals surface area (Å²) in [4.78, 5) is 0.225. The third kappa shape index (κ3) is 3.42. The number of nitrogens with zero attached hydrogens (tertiary/aromatic N) is 1. The number of hydrogen-bond donors (Lipinski definition) is 1. The van der Waals surface area contributed by atoms with Crippen LogP contribution in [0.25, 0.3) is 0 Å². The van der Waals surface area contributed by atoms with Crippen LogP contribution in [0.2, 0.25) is 5.02 Å². The zero-order valence-corrected chi connectivity index (χ0v) is 13.0. The smallest absolute Gasteiger partial charge is 0.240 e. The van der Waals surface area contributed by atoms with Crippen LogP contribution in [-0.4, -0.2) is 19.5 Å². The molecule has 1 aromatic heterocycles. The van der Waals surface area contributed by atoms with Crippen molar-refractivity contribution in [2.24, 2.45) is 0 Å². The largest absolute Gasteiger partial charge is 0.348 e. The normalized spacial score (nSPS) is 11.8. The lowest BCUT2D eigenvalue weighted by atomic mass is 10.4. The van der Waals surface area contributed by atoms with Gasteiger partial charge in [-0.2, -0.15) is 0 Å². The van der Waals surface area contributed by atoms with Gasteiger partial charge in [-0.3, -0.25) is 0 Å². The first kappa shape index (κ1) is 15.1. The van der Waals surface area contributed by atoms with Gasteiger partial charge in [0.2, 0.25) is 10.0 Å². The fraction of sp³-hybridized carbons (Fsp3) is 0.286. The van der Waals surface area contributed by atoms with Crippen molar-refractivity contribution in [1.29, 1.82) is 0 Å². The second-order valence-corrected chi connectivity index (χ2v) is 6.82. The molecule has 20 heavy (non-hydrogen) atoms. The van der Waals surface area contributed by atoms with E-state index in [1.54, 1.807) is 12.1 Å². The zero-order valence-electron chi connectivity index (χ0n) is 11.4. The highest BCUT2D eigenvalue weighted by Gasteiger charge is 2.13. The molecule has 0 radical (unpaired) electrons. The summed E-state index contributed by atoms with van der Waals surface area (Å²) >= 11 is 5.75. The molecule has 1 N–H and O–H groups in total. The molecule has 0 bridgehead atoms. The van der Waals surface area contributed by atoms with Crippen LogP contribution < -0.4 is 4.72 Å². The van der Waals surface area contributed by atoms with Crippen LogP contribution in [0.15, 0.2) is 41.3 Å². The van der Waals surface area contributed by atoms with E-state index in [1.807, 2.05) is 26.0 Å². The Morgan fingerprint density at radius 3 is 2.15 bits per heavy atom. The number of sulfonamides is 1. The zero-order chi connectivity index (χ0) is 14.8. The first-order valence-corrected chi connectivity index (χ1v) is 8.14. The molecule has 108 valence electrons. The summed E-state index contributed by atoms with van der Waals surface area (Å²) in [6.45, 7) is 4.96. The van der Waals surface area contributed by atoms with E-state index < -0.39 is 10.0 Å². The molecule has 1 heterocycles. The lowest BCUT2D eigenvalue weighted by molar-refractivity contribution is 0.570. The Kier molecular flexibility index (Phi) is 4.52. The van der Waals surface area contributed by atoms with Gasteiger partial charge in [-0.1, -0.05) is 11.6 Å². The van der Waals surface area contributed by atoms with Crippen LogP contribution >= 0.6 is 11.6 Å². The van der Waals surface area contributed by atoms with Gasteiger partial charge in [0.05, 0.1) is 4.90 Å².